The van der Waals surface area contributed by atoms with Crippen LogP contribution < -0.4 is 5.32 Å². The van der Waals surface area contributed by atoms with Gasteiger partial charge in [-0.2, -0.15) is 0 Å². The summed E-state index contributed by atoms with van der Waals surface area (Å²) in [5, 5.41) is 87.6. The first kappa shape index (κ1) is 90.0. The number of nitrogens with one attached hydrogen (secondary N) is 1. The molecule has 14 nitrogen and oxygen atoms in total. The molecular weight excluding hydrogens is 1220 g/mol. The molecule has 0 bridgehead atoms. The number of ether oxygens (including phenoxy) is 4. The Morgan fingerprint density at radius 3 is 1.13 bits per heavy atom. The molecule has 562 valence electrons. The molecule has 12 unspecified atom stereocenters. The molecule has 2 saturated heterocycles. The number of allylic oxidation sites excluding steroid dienone is 15. The first-order valence-corrected chi connectivity index (χ1v) is 40.0. The minimum atomic E-state index is -1.80. The number of unbranched alkanes of at least 4 members (excludes halogenated alkanes) is 39. The third-order valence-corrected chi connectivity index (χ3v) is 19.0. The highest BCUT2D eigenvalue weighted by atomic mass is 16.7. The van der Waals surface area contributed by atoms with E-state index in [1.165, 1.54) is 218 Å². The van der Waals surface area contributed by atoms with Crippen LogP contribution in [0, 0.1) is 0 Å². The fourth-order valence-electron chi connectivity index (χ4n) is 12.7. The predicted molar refractivity (Wildman–Crippen MR) is 401 cm³/mol. The number of aliphatic hydroxyl groups is 8. The Hall–Kier alpha value is -3.09. The number of hydrogen-bond acceptors (Lipinski definition) is 13. The van der Waals surface area contributed by atoms with Gasteiger partial charge in [0.15, 0.2) is 12.6 Å². The van der Waals surface area contributed by atoms with Crippen molar-refractivity contribution in [1.29, 1.82) is 0 Å². The Kier molecular flexibility index (Phi) is 61.4. The summed E-state index contributed by atoms with van der Waals surface area (Å²) in [7, 11) is 0. The molecule has 2 heterocycles. The third-order valence-electron chi connectivity index (χ3n) is 19.0. The van der Waals surface area contributed by atoms with Crippen LogP contribution in [0.5, 0.6) is 0 Å². The van der Waals surface area contributed by atoms with Gasteiger partial charge in [0.2, 0.25) is 5.91 Å². The standard InChI is InChI=1S/C83H147NO13/c1-3-5-7-9-11-13-15-17-19-21-23-25-27-28-29-30-31-32-33-34-35-36-37-38-39-40-41-42-43-44-45-47-49-51-53-55-57-59-61-63-65-67-75(88)84-71(70-94-82-80(93)78(91)81(74(69-86)96-82)97-83-79(92)77(90)76(89)73(68-85)95-83)72(87)66-64-62-60-58-56-54-52-50-48-46-26-24-22-20-18-16-14-12-10-8-6-4-2/h5,7,11,13,17,19,23,25,28-29,48,50,56,58,64,66,71-74,76-83,85-87,89-93H,3-4,6,8-10,12,14-16,18,20-22,24,26-27,30-47,49,51-55,57,59-63,65,67-70H2,1-2H3,(H,84,88)/b7-5-,13-11-,19-17-,25-23-,29-28-,50-48+,58-56+,66-64+. The second-order valence-corrected chi connectivity index (χ2v) is 27.8. The van der Waals surface area contributed by atoms with Crippen LogP contribution in [0.15, 0.2) is 97.2 Å². The topological polar surface area (TPSA) is 228 Å². The number of hydrogen-bond donors (Lipinski definition) is 9. The predicted octanol–water partition coefficient (Wildman–Crippen LogP) is 18.1. The zero-order valence-corrected chi connectivity index (χ0v) is 61.6. The SMILES string of the molecule is CC/C=C\C/C=C\C/C=C\C/C=C\C/C=C\CCCCCCCCCCCCCCCCCCCCCCCCCCCC(=O)NC(COC1OC(CO)C(OC2OC(CO)C(O)C(O)C2O)C(O)C1O)C(O)/C=C/CC/C=C/CC/C=C/CCCCCCCCCCCCCC. The van der Waals surface area contributed by atoms with Crippen molar-refractivity contribution in [3.05, 3.63) is 97.2 Å². The van der Waals surface area contributed by atoms with E-state index in [2.05, 4.69) is 104 Å². The normalized spacial score (nSPS) is 22.7. The molecule has 0 radical (unpaired) electrons. The van der Waals surface area contributed by atoms with Crippen molar-refractivity contribution in [2.24, 2.45) is 0 Å². The molecule has 0 aliphatic carbocycles. The van der Waals surface area contributed by atoms with Gasteiger partial charge in [0.05, 0.1) is 32.0 Å². The van der Waals surface area contributed by atoms with Gasteiger partial charge in [-0.1, -0.05) is 329 Å². The zero-order chi connectivity index (χ0) is 70.1. The minimum Gasteiger partial charge on any atom is -0.394 e. The van der Waals surface area contributed by atoms with Gasteiger partial charge in [0.1, 0.15) is 48.8 Å². The molecule has 2 rings (SSSR count). The van der Waals surface area contributed by atoms with Gasteiger partial charge in [0.25, 0.3) is 0 Å². The van der Waals surface area contributed by atoms with E-state index in [1.54, 1.807) is 6.08 Å². The lowest BCUT2D eigenvalue weighted by molar-refractivity contribution is -0.359. The largest absolute Gasteiger partial charge is 0.394 e. The summed E-state index contributed by atoms with van der Waals surface area (Å²) in [4.78, 5) is 13.4. The van der Waals surface area contributed by atoms with Gasteiger partial charge < -0.3 is 65.1 Å². The lowest BCUT2D eigenvalue weighted by Gasteiger charge is -2.46. The lowest BCUT2D eigenvalue weighted by atomic mass is 9.97. The molecule has 1 amide bonds. The van der Waals surface area contributed by atoms with E-state index in [0.29, 0.717) is 12.8 Å². The molecule has 0 spiro atoms. The van der Waals surface area contributed by atoms with E-state index < -0.39 is 86.8 Å². The van der Waals surface area contributed by atoms with Gasteiger partial charge >= 0.3 is 0 Å². The zero-order valence-electron chi connectivity index (χ0n) is 61.6. The van der Waals surface area contributed by atoms with Crippen LogP contribution in [0.4, 0.5) is 0 Å². The number of carbonyl (C=O) groups excluding carboxylic acids is 1. The van der Waals surface area contributed by atoms with E-state index in [0.717, 1.165) is 77.0 Å². The molecule has 2 fully saturated rings. The maximum Gasteiger partial charge on any atom is 0.220 e. The fourth-order valence-corrected chi connectivity index (χ4v) is 12.7. The minimum absolute atomic E-state index is 0.249. The molecule has 14 heteroatoms. The fraction of sp³-hybridized carbons (Fsp3) is 0.795. The lowest BCUT2D eigenvalue weighted by Crippen LogP contribution is -2.65. The molecule has 12 atom stereocenters. The summed E-state index contributed by atoms with van der Waals surface area (Å²) in [6.07, 6.45) is 77.9. The average molecular weight is 1370 g/mol. The number of rotatable bonds is 66. The van der Waals surface area contributed by atoms with E-state index >= 15 is 0 Å². The second-order valence-electron chi connectivity index (χ2n) is 27.8. The highest BCUT2D eigenvalue weighted by Gasteiger charge is 2.51. The number of aliphatic hydroxyl groups excluding tert-OH is 8. The Balaban J connectivity index is 1.58. The quantitative estimate of drug-likeness (QED) is 0.0204. The van der Waals surface area contributed by atoms with Crippen molar-refractivity contribution in [1.82, 2.24) is 5.32 Å². The molecule has 2 aliphatic rings. The van der Waals surface area contributed by atoms with Crippen LogP contribution in [0.25, 0.3) is 0 Å². The molecular formula is C83H147NO13. The van der Waals surface area contributed by atoms with Gasteiger partial charge in [-0.05, 0) is 89.9 Å². The van der Waals surface area contributed by atoms with Crippen LogP contribution >= 0.6 is 0 Å². The molecule has 0 aromatic heterocycles. The second kappa shape index (κ2) is 66.2. The molecule has 97 heavy (non-hydrogen) atoms. The Morgan fingerprint density at radius 2 is 0.722 bits per heavy atom. The van der Waals surface area contributed by atoms with E-state index in [4.69, 9.17) is 18.9 Å². The first-order valence-electron chi connectivity index (χ1n) is 40.0. The van der Waals surface area contributed by atoms with Crippen LogP contribution in [0.3, 0.4) is 0 Å². The summed E-state index contributed by atoms with van der Waals surface area (Å²) >= 11 is 0. The molecule has 9 N–H and O–H groups in total. The van der Waals surface area contributed by atoms with Crippen molar-refractivity contribution in [2.45, 2.75) is 402 Å². The van der Waals surface area contributed by atoms with Crippen molar-refractivity contribution in [2.75, 3.05) is 19.8 Å². The summed E-state index contributed by atoms with van der Waals surface area (Å²) < 4.78 is 22.9. The number of carbonyl (C=O) groups is 1. The van der Waals surface area contributed by atoms with Gasteiger partial charge in [-0.15, -0.1) is 0 Å². The van der Waals surface area contributed by atoms with E-state index in [-0.39, 0.29) is 18.9 Å². The summed E-state index contributed by atoms with van der Waals surface area (Å²) in [5.41, 5.74) is 0. The summed E-state index contributed by atoms with van der Waals surface area (Å²) in [5.74, 6) is -0.249. The smallest absolute Gasteiger partial charge is 0.220 e. The van der Waals surface area contributed by atoms with E-state index in [9.17, 15) is 45.6 Å². The molecule has 0 saturated carbocycles. The van der Waals surface area contributed by atoms with Crippen LogP contribution in [0.1, 0.15) is 328 Å². The van der Waals surface area contributed by atoms with Gasteiger partial charge in [0, 0.05) is 6.42 Å². The molecule has 2 aliphatic heterocycles. The Morgan fingerprint density at radius 1 is 0.381 bits per heavy atom. The molecule has 0 aromatic carbocycles. The highest BCUT2D eigenvalue weighted by Crippen LogP contribution is 2.30. The third kappa shape index (κ3) is 49.2. The maximum absolute atomic E-state index is 13.4. The monoisotopic (exact) mass is 1370 g/mol. The van der Waals surface area contributed by atoms with Crippen molar-refractivity contribution >= 4 is 5.91 Å². The maximum atomic E-state index is 13.4. The van der Waals surface area contributed by atoms with Gasteiger partial charge in [-0.25, -0.2) is 0 Å². The summed E-state index contributed by atoms with van der Waals surface area (Å²) in [6.45, 7) is 2.69. The Bertz CT molecular complexity index is 2000. The first-order chi connectivity index (χ1) is 47.6. The summed E-state index contributed by atoms with van der Waals surface area (Å²) in [6, 6.07) is -0.942. The van der Waals surface area contributed by atoms with Gasteiger partial charge in [-0.3, -0.25) is 4.79 Å². The van der Waals surface area contributed by atoms with Crippen LogP contribution in [0.2, 0.25) is 0 Å². The molecule has 0 aromatic rings. The van der Waals surface area contributed by atoms with Crippen LogP contribution in [-0.4, -0.2) is 140 Å². The average Bonchev–Trinajstić information content (AvgIpc) is 0.794. The van der Waals surface area contributed by atoms with Crippen molar-refractivity contribution in [3.8, 4) is 0 Å². The Labute approximate surface area is 592 Å². The number of amides is 1. The van der Waals surface area contributed by atoms with Crippen LogP contribution in [-0.2, 0) is 23.7 Å². The van der Waals surface area contributed by atoms with Crippen molar-refractivity contribution < 1.29 is 64.6 Å². The van der Waals surface area contributed by atoms with E-state index in [1.807, 2.05) is 6.08 Å². The highest BCUT2D eigenvalue weighted by molar-refractivity contribution is 5.76. The van der Waals surface area contributed by atoms with Crippen molar-refractivity contribution in [3.63, 3.8) is 0 Å².